The van der Waals surface area contributed by atoms with Crippen molar-refractivity contribution in [3.8, 4) is 0 Å². The van der Waals surface area contributed by atoms with Gasteiger partial charge < -0.3 is 10.1 Å². The molecule has 0 unspecified atom stereocenters. The smallest absolute Gasteiger partial charge is 0.260 e. The molecule has 0 radical (unpaired) electrons. The summed E-state index contributed by atoms with van der Waals surface area (Å²) in [5.41, 5.74) is 1.86. The van der Waals surface area contributed by atoms with E-state index in [2.05, 4.69) is 10.3 Å². The van der Waals surface area contributed by atoms with E-state index in [1.54, 1.807) is 47.5 Å². The molecule has 0 saturated carbocycles. The second-order valence-corrected chi connectivity index (χ2v) is 7.18. The first-order valence-electron chi connectivity index (χ1n) is 9.06. The third-order valence-corrected chi connectivity index (χ3v) is 5.20. The van der Waals surface area contributed by atoms with Gasteiger partial charge in [0, 0.05) is 30.1 Å². The maximum absolute atomic E-state index is 12.9. The number of hydrogen-bond acceptors (Lipinski definition) is 4. The number of rotatable bonds is 5. The van der Waals surface area contributed by atoms with E-state index in [0.717, 1.165) is 19.4 Å². The lowest BCUT2D eigenvalue weighted by Gasteiger charge is -2.25. The van der Waals surface area contributed by atoms with Gasteiger partial charge in [-0.15, -0.1) is 0 Å². The zero-order valence-electron chi connectivity index (χ0n) is 14.7. The Morgan fingerprint density at radius 1 is 1.30 bits per heavy atom. The third kappa shape index (κ3) is 3.68. The molecule has 1 N–H and O–H groups in total. The van der Waals surface area contributed by atoms with Gasteiger partial charge in [-0.3, -0.25) is 19.5 Å². The molecule has 1 aromatic heterocycles. The molecule has 1 saturated heterocycles. The van der Waals surface area contributed by atoms with E-state index in [4.69, 9.17) is 16.3 Å². The quantitative estimate of drug-likeness (QED) is 0.858. The minimum atomic E-state index is -0.445. The highest BCUT2D eigenvalue weighted by Gasteiger charge is 2.39. The number of nitrogens with one attached hydrogen (secondary N) is 1. The Balaban J connectivity index is 1.55. The summed E-state index contributed by atoms with van der Waals surface area (Å²) in [6.45, 7) is 1.24. The number of benzene rings is 1. The van der Waals surface area contributed by atoms with Crippen molar-refractivity contribution in [3.63, 3.8) is 0 Å². The van der Waals surface area contributed by atoms with Crippen molar-refractivity contribution in [1.82, 2.24) is 10.3 Å². The summed E-state index contributed by atoms with van der Waals surface area (Å²) >= 11 is 5.98. The maximum atomic E-state index is 12.9. The third-order valence-electron chi connectivity index (χ3n) is 4.95. The topological polar surface area (TPSA) is 71.5 Å². The first-order chi connectivity index (χ1) is 13.1. The summed E-state index contributed by atoms with van der Waals surface area (Å²) in [4.78, 5) is 31.5. The Morgan fingerprint density at radius 3 is 2.85 bits per heavy atom. The van der Waals surface area contributed by atoms with Gasteiger partial charge in [0.15, 0.2) is 0 Å². The molecule has 140 valence electrons. The fraction of sp³-hybridized carbons (Fsp3) is 0.350. The van der Waals surface area contributed by atoms with Crippen molar-refractivity contribution < 1.29 is 14.3 Å². The van der Waals surface area contributed by atoms with Crippen LogP contribution in [-0.4, -0.2) is 36.1 Å². The number of carbonyl (C=O) groups is 2. The highest BCUT2D eigenvalue weighted by Crippen LogP contribution is 2.38. The molecule has 2 atom stereocenters. The minimum absolute atomic E-state index is 0.0805. The van der Waals surface area contributed by atoms with E-state index >= 15 is 0 Å². The molecular weight excluding hydrogens is 366 g/mol. The predicted molar refractivity (Wildman–Crippen MR) is 102 cm³/mol. The van der Waals surface area contributed by atoms with Crippen LogP contribution in [0.5, 0.6) is 0 Å². The van der Waals surface area contributed by atoms with Crippen LogP contribution in [0, 0.1) is 0 Å². The molecule has 2 aromatic rings. The average molecular weight is 386 g/mol. The first kappa shape index (κ1) is 17.9. The number of halogens is 1. The van der Waals surface area contributed by atoms with Crippen LogP contribution in [0.15, 0.2) is 42.6 Å². The van der Waals surface area contributed by atoms with Crippen LogP contribution in [0.1, 0.15) is 41.4 Å². The van der Waals surface area contributed by atoms with Gasteiger partial charge >= 0.3 is 0 Å². The monoisotopic (exact) mass is 385 g/mol. The molecule has 6 nitrogen and oxygen atoms in total. The van der Waals surface area contributed by atoms with E-state index in [-0.39, 0.29) is 24.3 Å². The number of anilines is 1. The van der Waals surface area contributed by atoms with Crippen LogP contribution in [-0.2, 0) is 9.53 Å². The largest absolute Gasteiger partial charge is 0.376 e. The van der Waals surface area contributed by atoms with Crippen LogP contribution in [0.3, 0.4) is 0 Å². The Morgan fingerprint density at radius 2 is 2.11 bits per heavy atom. The summed E-state index contributed by atoms with van der Waals surface area (Å²) < 4.78 is 5.54. The van der Waals surface area contributed by atoms with E-state index in [1.165, 1.54) is 0 Å². The van der Waals surface area contributed by atoms with Gasteiger partial charge in [0.2, 0.25) is 5.91 Å². The lowest BCUT2D eigenvalue weighted by Crippen LogP contribution is -2.36. The van der Waals surface area contributed by atoms with Crippen molar-refractivity contribution in [1.29, 1.82) is 0 Å². The molecule has 0 bridgehead atoms. The van der Waals surface area contributed by atoms with Crippen molar-refractivity contribution in [2.24, 2.45) is 0 Å². The van der Waals surface area contributed by atoms with Crippen molar-refractivity contribution in [2.45, 2.75) is 31.4 Å². The van der Waals surface area contributed by atoms with Gasteiger partial charge in [-0.2, -0.15) is 0 Å². The number of amides is 2. The van der Waals surface area contributed by atoms with Gasteiger partial charge in [0.05, 0.1) is 29.8 Å². The number of hydrogen-bond donors (Lipinski definition) is 1. The van der Waals surface area contributed by atoms with E-state index in [0.29, 0.717) is 28.5 Å². The summed E-state index contributed by atoms with van der Waals surface area (Å²) in [6, 6.07) is 10.1. The summed E-state index contributed by atoms with van der Waals surface area (Å²) in [5, 5.41) is 3.52. The number of pyridine rings is 1. The number of aromatic nitrogens is 1. The predicted octanol–water partition coefficient (Wildman–Crippen LogP) is 3.12. The molecule has 3 heterocycles. The van der Waals surface area contributed by atoms with E-state index in [9.17, 15) is 9.59 Å². The molecule has 2 aliphatic heterocycles. The summed E-state index contributed by atoms with van der Waals surface area (Å²) in [7, 11) is 0. The van der Waals surface area contributed by atoms with E-state index < -0.39 is 6.04 Å². The minimum Gasteiger partial charge on any atom is -0.376 e. The normalized spacial score (nSPS) is 21.4. The zero-order valence-corrected chi connectivity index (χ0v) is 15.5. The highest BCUT2D eigenvalue weighted by atomic mass is 35.5. The SMILES string of the molecule is O=C(C[C@H]1c2ncccc2C(=O)N1c1ccc(Cl)cc1)NC[C@H]1CCCO1. The second-order valence-electron chi connectivity index (χ2n) is 6.75. The standard InChI is InChI=1S/C20H20ClN3O3/c21-13-5-7-14(8-6-13)24-17(19-16(20(24)26)4-1-9-22-19)11-18(25)23-12-15-3-2-10-27-15/h1,4-9,15,17H,2-3,10-12H2,(H,23,25)/t15-,17+/m1/s1. The Labute approximate surface area is 162 Å². The van der Waals surface area contributed by atoms with Crippen molar-refractivity contribution >= 4 is 29.1 Å². The average Bonchev–Trinajstić information content (AvgIpc) is 3.29. The lowest BCUT2D eigenvalue weighted by molar-refractivity contribution is -0.121. The second kappa shape index (κ2) is 7.66. The van der Waals surface area contributed by atoms with Gasteiger partial charge in [0.25, 0.3) is 5.91 Å². The number of ether oxygens (including phenoxy) is 1. The lowest BCUT2D eigenvalue weighted by atomic mass is 10.1. The molecule has 2 aliphatic rings. The number of nitrogens with zero attached hydrogens (tertiary/aromatic N) is 2. The maximum Gasteiger partial charge on any atom is 0.260 e. The van der Waals surface area contributed by atoms with Crippen LogP contribution in [0.25, 0.3) is 0 Å². The van der Waals surface area contributed by atoms with Crippen LogP contribution in [0.4, 0.5) is 5.69 Å². The van der Waals surface area contributed by atoms with Crippen LogP contribution < -0.4 is 10.2 Å². The highest BCUT2D eigenvalue weighted by molar-refractivity contribution is 6.30. The summed E-state index contributed by atoms with van der Waals surface area (Å²) in [6.07, 6.45) is 3.86. The first-order valence-corrected chi connectivity index (χ1v) is 9.43. The van der Waals surface area contributed by atoms with Gasteiger partial charge in [-0.05, 0) is 49.2 Å². The van der Waals surface area contributed by atoms with Gasteiger partial charge in [-0.25, -0.2) is 0 Å². The van der Waals surface area contributed by atoms with Gasteiger partial charge in [0.1, 0.15) is 0 Å². The molecular formula is C20H20ClN3O3. The van der Waals surface area contributed by atoms with Crippen LogP contribution in [0.2, 0.25) is 5.02 Å². The number of fused-ring (bicyclic) bond motifs is 1. The molecule has 0 aliphatic carbocycles. The Kier molecular flexibility index (Phi) is 5.09. The van der Waals surface area contributed by atoms with Gasteiger partial charge in [-0.1, -0.05) is 11.6 Å². The van der Waals surface area contributed by atoms with Crippen molar-refractivity contribution in [2.75, 3.05) is 18.1 Å². The Hall–Kier alpha value is -2.44. The Bertz CT molecular complexity index is 850. The van der Waals surface area contributed by atoms with Crippen LogP contribution >= 0.6 is 11.6 Å². The molecule has 0 spiro atoms. The van der Waals surface area contributed by atoms with E-state index in [1.807, 2.05) is 0 Å². The molecule has 4 rings (SSSR count). The zero-order chi connectivity index (χ0) is 18.8. The van der Waals surface area contributed by atoms with Crippen molar-refractivity contribution in [3.05, 3.63) is 58.9 Å². The molecule has 7 heteroatoms. The molecule has 1 fully saturated rings. The molecule has 27 heavy (non-hydrogen) atoms. The fourth-order valence-electron chi connectivity index (χ4n) is 3.63. The number of carbonyl (C=O) groups excluding carboxylic acids is 2. The molecule has 1 aromatic carbocycles. The summed E-state index contributed by atoms with van der Waals surface area (Å²) in [5.74, 6) is -0.280. The fourth-order valence-corrected chi connectivity index (χ4v) is 3.75. The molecule has 2 amide bonds.